The number of carbonyl (C=O) groups is 1. The summed E-state index contributed by atoms with van der Waals surface area (Å²) in [5, 5.41) is 0.250. The second-order valence-electron chi connectivity index (χ2n) is 7.65. The number of fused-ring (bicyclic) bond motifs is 1. The summed E-state index contributed by atoms with van der Waals surface area (Å²) in [7, 11) is 0. The van der Waals surface area contributed by atoms with Crippen LogP contribution in [0.3, 0.4) is 0 Å². The van der Waals surface area contributed by atoms with Crippen molar-refractivity contribution in [1.82, 2.24) is 4.90 Å². The number of piperidine rings is 1. The van der Waals surface area contributed by atoms with Crippen molar-refractivity contribution in [1.29, 1.82) is 0 Å². The summed E-state index contributed by atoms with van der Waals surface area (Å²) < 4.78 is 0. The first-order valence-electron chi connectivity index (χ1n) is 9.08. The van der Waals surface area contributed by atoms with E-state index in [0.29, 0.717) is 17.7 Å². The molecule has 2 aliphatic carbocycles. The molecule has 0 N–H and O–H groups in total. The number of likely N-dealkylation sites (tertiary alicyclic amines) is 1. The lowest BCUT2D eigenvalue weighted by molar-refractivity contribution is -0.139. The third-order valence-electron chi connectivity index (χ3n) is 6.39. The molecular weight excluding hydrogens is 282 g/mol. The Hall–Kier alpha value is -0.240. The van der Waals surface area contributed by atoms with Gasteiger partial charge in [-0.1, -0.05) is 25.7 Å². The molecule has 2 saturated carbocycles. The third-order valence-corrected chi connectivity index (χ3v) is 6.75. The van der Waals surface area contributed by atoms with Crippen molar-refractivity contribution >= 4 is 17.5 Å². The van der Waals surface area contributed by atoms with E-state index in [1.54, 1.807) is 0 Å². The number of hydrogen-bond donors (Lipinski definition) is 0. The Morgan fingerprint density at radius 1 is 1.00 bits per heavy atom. The van der Waals surface area contributed by atoms with E-state index >= 15 is 0 Å². The largest absolute Gasteiger partial charge is 0.342 e. The summed E-state index contributed by atoms with van der Waals surface area (Å²) in [6.07, 6.45) is 11.4. The lowest BCUT2D eigenvalue weighted by atomic mass is 9.67. The molecule has 21 heavy (non-hydrogen) atoms. The van der Waals surface area contributed by atoms with Gasteiger partial charge < -0.3 is 4.90 Å². The van der Waals surface area contributed by atoms with Crippen molar-refractivity contribution in [3.63, 3.8) is 0 Å². The molecule has 4 unspecified atom stereocenters. The zero-order valence-electron chi connectivity index (χ0n) is 13.4. The second kappa shape index (κ2) is 6.89. The molecule has 0 aromatic rings. The highest BCUT2D eigenvalue weighted by atomic mass is 35.5. The van der Waals surface area contributed by atoms with Crippen molar-refractivity contribution in [2.24, 2.45) is 23.7 Å². The van der Waals surface area contributed by atoms with E-state index in [1.165, 1.54) is 38.5 Å². The first-order valence-corrected chi connectivity index (χ1v) is 9.51. The van der Waals surface area contributed by atoms with Crippen LogP contribution in [0.15, 0.2) is 0 Å². The number of rotatable bonds is 2. The van der Waals surface area contributed by atoms with Crippen LogP contribution < -0.4 is 0 Å². The highest BCUT2D eigenvalue weighted by Gasteiger charge is 2.37. The fourth-order valence-corrected chi connectivity index (χ4v) is 5.19. The van der Waals surface area contributed by atoms with Gasteiger partial charge in [-0.2, -0.15) is 0 Å². The van der Waals surface area contributed by atoms with Crippen molar-refractivity contribution in [2.75, 3.05) is 13.1 Å². The van der Waals surface area contributed by atoms with Crippen LogP contribution in [-0.4, -0.2) is 29.3 Å². The molecule has 0 aromatic heterocycles. The molecule has 1 amide bonds. The van der Waals surface area contributed by atoms with Crippen LogP contribution in [0.2, 0.25) is 0 Å². The first-order chi connectivity index (χ1) is 10.1. The number of halogens is 1. The number of amides is 1. The Balaban J connectivity index is 1.52. The molecule has 1 saturated heterocycles. The number of alkyl halides is 1. The van der Waals surface area contributed by atoms with Gasteiger partial charge in [0.2, 0.25) is 5.91 Å². The predicted molar refractivity (Wildman–Crippen MR) is 87.4 cm³/mol. The van der Waals surface area contributed by atoms with Gasteiger partial charge in [-0.15, -0.1) is 11.6 Å². The van der Waals surface area contributed by atoms with Crippen LogP contribution in [0, 0.1) is 23.7 Å². The van der Waals surface area contributed by atoms with Crippen molar-refractivity contribution in [3.05, 3.63) is 0 Å². The minimum absolute atomic E-state index is 0.250. The van der Waals surface area contributed by atoms with Crippen LogP contribution in [-0.2, 0) is 4.79 Å². The van der Waals surface area contributed by atoms with E-state index in [-0.39, 0.29) is 5.38 Å². The zero-order valence-corrected chi connectivity index (χ0v) is 14.2. The lowest BCUT2D eigenvalue weighted by Crippen LogP contribution is -2.44. The van der Waals surface area contributed by atoms with Gasteiger partial charge >= 0.3 is 0 Å². The van der Waals surface area contributed by atoms with Gasteiger partial charge in [0.1, 0.15) is 0 Å². The average molecular weight is 312 g/mol. The molecule has 3 aliphatic rings. The molecule has 3 rings (SSSR count). The van der Waals surface area contributed by atoms with Gasteiger partial charge in [0, 0.05) is 24.4 Å². The number of hydrogen-bond acceptors (Lipinski definition) is 1. The summed E-state index contributed by atoms with van der Waals surface area (Å²) in [4.78, 5) is 14.9. The maximum absolute atomic E-state index is 12.8. The van der Waals surface area contributed by atoms with Crippen molar-refractivity contribution in [2.45, 2.75) is 70.1 Å². The molecule has 3 fully saturated rings. The molecule has 0 bridgehead atoms. The quantitative estimate of drug-likeness (QED) is 0.690. The minimum atomic E-state index is 0.250. The van der Waals surface area contributed by atoms with Gasteiger partial charge in [-0.3, -0.25) is 4.79 Å². The Morgan fingerprint density at radius 2 is 1.67 bits per heavy atom. The molecular formula is C18H30ClNO. The summed E-state index contributed by atoms with van der Waals surface area (Å²) in [6.45, 7) is 3.96. The maximum Gasteiger partial charge on any atom is 0.225 e. The standard InChI is InChI=1S/C18H30ClNO/c1-13(19)14-8-10-20(11-9-14)18(21)17-7-6-15-4-2-3-5-16(15)12-17/h13-17H,2-12H2,1H3. The number of carbonyl (C=O) groups excluding carboxylic acids is 1. The first kappa shape index (κ1) is 15.6. The van der Waals surface area contributed by atoms with E-state index in [1.807, 2.05) is 0 Å². The third kappa shape index (κ3) is 3.57. The fraction of sp³-hybridized carbons (Fsp3) is 0.944. The summed E-state index contributed by atoms with van der Waals surface area (Å²) in [5.74, 6) is 3.17. The van der Waals surface area contributed by atoms with Gasteiger partial charge in [0.25, 0.3) is 0 Å². The van der Waals surface area contributed by atoms with E-state index < -0.39 is 0 Å². The summed E-state index contributed by atoms with van der Waals surface area (Å²) >= 11 is 6.21. The van der Waals surface area contributed by atoms with E-state index in [2.05, 4.69) is 11.8 Å². The second-order valence-corrected chi connectivity index (χ2v) is 8.34. The fourth-order valence-electron chi connectivity index (χ4n) is 4.94. The molecule has 1 heterocycles. The molecule has 0 radical (unpaired) electrons. The Bertz CT molecular complexity index is 362. The van der Waals surface area contributed by atoms with Gasteiger partial charge in [0.15, 0.2) is 0 Å². The Kier molecular flexibility index (Phi) is 5.14. The maximum atomic E-state index is 12.8. The monoisotopic (exact) mass is 311 g/mol. The van der Waals surface area contributed by atoms with Crippen LogP contribution in [0.25, 0.3) is 0 Å². The van der Waals surface area contributed by atoms with Crippen LogP contribution in [0.1, 0.15) is 64.7 Å². The Labute approximate surface area is 134 Å². The van der Waals surface area contributed by atoms with E-state index in [4.69, 9.17) is 11.6 Å². The number of nitrogens with zero attached hydrogens (tertiary/aromatic N) is 1. The van der Waals surface area contributed by atoms with Crippen LogP contribution in [0.4, 0.5) is 0 Å². The normalized spacial score (nSPS) is 36.1. The van der Waals surface area contributed by atoms with Crippen molar-refractivity contribution < 1.29 is 4.79 Å². The van der Waals surface area contributed by atoms with E-state index in [0.717, 1.165) is 44.2 Å². The smallest absolute Gasteiger partial charge is 0.225 e. The predicted octanol–water partition coefficient (Wildman–Crippen LogP) is 4.46. The molecule has 3 heteroatoms. The van der Waals surface area contributed by atoms with Crippen LogP contribution in [0.5, 0.6) is 0 Å². The average Bonchev–Trinajstić information content (AvgIpc) is 2.54. The minimum Gasteiger partial charge on any atom is -0.342 e. The molecule has 1 aliphatic heterocycles. The molecule has 4 atom stereocenters. The van der Waals surface area contributed by atoms with E-state index in [9.17, 15) is 4.79 Å². The highest BCUT2D eigenvalue weighted by Crippen LogP contribution is 2.43. The van der Waals surface area contributed by atoms with Crippen LogP contribution >= 0.6 is 11.6 Å². The molecule has 0 spiro atoms. The molecule has 2 nitrogen and oxygen atoms in total. The summed E-state index contributed by atoms with van der Waals surface area (Å²) in [5.41, 5.74) is 0. The SMILES string of the molecule is CC(Cl)C1CCN(C(=O)C2CCC3CCCCC3C2)CC1. The molecule has 120 valence electrons. The lowest BCUT2D eigenvalue weighted by Gasteiger charge is -2.41. The Morgan fingerprint density at radius 3 is 2.33 bits per heavy atom. The van der Waals surface area contributed by atoms with Gasteiger partial charge in [0.05, 0.1) is 0 Å². The van der Waals surface area contributed by atoms with Gasteiger partial charge in [-0.25, -0.2) is 0 Å². The van der Waals surface area contributed by atoms with Gasteiger partial charge in [-0.05, 0) is 56.8 Å². The highest BCUT2D eigenvalue weighted by molar-refractivity contribution is 6.20. The topological polar surface area (TPSA) is 20.3 Å². The summed E-state index contributed by atoms with van der Waals surface area (Å²) in [6, 6.07) is 0. The molecule has 0 aromatic carbocycles. The van der Waals surface area contributed by atoms with Crippen molar-refractivity contribution in [3.8, 4) is 0 Å². The zero-order chi connectivity index (χ0) is 14.8.